The fourth-order valence-electron chi connectivity index (χ4n) is 5.10. The number of fused-ring (bicyclic) bond motifs is 5. The molecule has 0 aliphatic rings. The van der Waals surface area contributed by atoms with Crippen molar-refractivity contribution in [2.45, 2.75) is 84.5 Å². The Morgan fingerprint density at radius 1 is 0.556 bits per heavy atom. The second kappa shape index (κ2) is 12.4. The Balaban J connectivity index is 1.23. The van der Waals surface area contributed by atoms with Crippen molar-refractivity contribution >= 4 is 65.0 Å². The summed E-state index contributed by atoms with van der Waals surface area (Å²) in [6, 6.07) is 18.3. The highest BCUT2D eigenvalue weighted by Crippen LogP contribution is 2.38. The van der Waals surface area contributed by atoms with E-state index in [2.05, 4.69) is 74.2 Å². The number of rotatable bonds is 11. The summed E-state index contributed by atoms with van der Waals surface area (Å²) < 4.78 is 2.75. The fraction of sp³-hybridized carbons (Fsp3) is 0.394. The Bertz CT molecular complexity index is 1500. The van der Waals surface area contributed by atoms with Gasteiger partial charge >= 0.3 is 0 Å². The predicted molar refractivity (Wildman–Crippen MR) is 165 cm³/mol. The average Bonchev–Trinajstić information content (AvgIpc) is 3.61. The van der Waals surface area contributed by atoms with E-state index in [1.54, 1.807) is 27.6 Å². The number of unbranched alkanes of at least 4 members (excludes halogenated alkanes) is 9. The van der Waals surface area contributed by atoms with Crippen molar-refractivity contribution in [3.05, 3.63) is 68.0 Å². The third-order valence-electron chi connectivity index (χ3n) is 7.07. The zero-order chi connectivity index (χ0) is 24.7. The van der Waals surface area contributed by atoms with Crippen molar-refractivity contribution < 1.29 is 0 Å². The minimum Gasteiger partial charge on any atom is -0.140 e. The van der Waals surface area contributed by atoms with E-state index in [4.69, 9.17) is 0 Å². The van der Waals surface area contributed by atoms with Gasteiger partial charge in [-0.3, -0.25) is 0 Å². The van der Waals surface area contributed by atoms with Crippen LogP contribution >= 0.6 is 34.0 Å². The minimum absolute atomic E-state index is 1.14. The lowest BCUT2D eigenvalue weighted by Gasteiger charge is -2.02. The topological polar surface area (TPSA) is 0 Å². The van der Waals surface area contributed by atoms with E-state index < -0.39 is 0 Å². The quantitative estimate of drug-likeness (QED) is 0.118. The third kappa shape index (κ3) is 6.23. The van der Waals surface area contributed by atoms with Gasteiger partial charge in [0.2, 0.25) is 0 Å². The Labute approximate surface area is 228 Å². The summed E-state index contributed by atoms with van der Waals surface area (Å²) in [6.07, 6.45) is 15.2. The predicted octanol–water partition coefficient (Wildman–Crippen LogP) is 11.5. The normalized spacial score (nSPS) is 11.5. The molecule has 0 unspecified atom stereocenters. The largest absolute Gasteiger partial charge is 0.140 e. The molecule has 5 rings (SSSR count). The molecule has 0 radical (unpaired) electrons. The first kappa shape index (κ1) is 25.5. The highest BCUT2D eigenvalue weighted by molar-refractivity contribution is 7.20. The highest BCUT2D eigenvalue weighted by Gasteiger charge is 2.10. The molecule has 0 amide bonds. The molecule has 0 nitrogen and oxygen atoms in total. The number of benzene rings is 2. The van der Waals surface area contributed by atoms with Crippen LogP contribution in [0.15, 0.2) is 48.5 Å². The SMILES string of the molecule is CCCCCCCCCCCCc1cc2c(ccc3c4cc(C#Cc5ccc(C)s5)sc4ccc23)s1. The molecular weight excluding hydrogens is 493 g/mol. The van der Waals surface area contributed by atoms with Crippen LogP contribution in [-0.4, -0.2) is 0 Å². The molecule has 36 heavy (non-hydrogen) atoms. The first-order chi connectivity index (χ1) is 17.7. The summed E-state index contributed by atoms with van der Waals surface area (Å²) in [7, 11) is 0. The zero-order valence-corrected chi connectivity index (χ0v) is 24.1. The second-order valence-electron chi connectivity index (χ2n) is 9.97. The van der Waals surface area contributed by atoms with Gasteiger partial charge in [0.15, 0.2) is 0 Å². The summed E-state index contributed by atoms with van der Waals surface area (Å²) in [4.78, 5) is 5.15. The van der Waals surface area contributed by atoms with Crippen molar-refractivity contribution in [3.63, 3.8) is 0 Å². The van der Waals surface area contributed by atoms with Crippen molar-refractivity contribution in [3.8, 4) is 11.8 Å². The maximum absolute atomic E-state index is 3.40. The van der Waals surface area contributed by atoms with Gasteiger partial charge in [-0.25, -0.2) is 0 Å². The van der Waals surface area contributed by atoms with Gasteiger partial charge in [0.25, 0.3) is 0 Å². The monoisotopic (exact) mass is 528 g/mol. The first-order valence-corrected chi connectivity index (χ1v) is 16.1. The summed E-state index contributed by atoms with van der Waals surface area (Å²) in [5.74, 6) is 6.75. The van der Waals surface area contributed by atoms with E-state index >= 15 is 0 Å². The van der Waals surface area contributed by atoms with E-state index in [1.165, 1.54) is 106 Å². The summed E-state index contributed by atoms with van der Waals surface area (Å²) >= 11 is 5.56. The van der Waals surface area contributed by atoms with Crippen LogP contribution in [0.5, 0.6) is 0 Å². The molecule has 0 atom stereocenters. The Hall–Kier alpha value is -2.12. The lowest BCUT2D eigenvalue weighted by atomic mass is 10.0. The van der Waals surface area contributed by atoms with Crippen molar-refractivity contribution in [2.24, 2.45) is 0 Å². The van der Waals surface area contributed by atoms with Crippen LogP contribution in [0.4, 0.5) is 0 Å². The molecule has 0 spiro atoms. The molecule has 3 aromatic heterocycles. The van der Waals surface area contributed by atoms with Gasteiger partial charge in [-0.2, -0.15) is 0 Å². The fourth-order valence-corrected chi connectivity index (χ4v) is 7.87. The second-order valence-corrected chi connectivity index (χ2v) is 13.5. The minimum atomic E-state index is 1.14. The molecule has 3 heteroatoms. The van der Waals surface area contributed by atoms with Gasteiger partial charge in [0, 0.05) is 29.9 Å². The Kier molecular flexibility index (Phi) is 8.80. The van der Waals surface area contributed by atoms with Gasteiger partial charge in [0.05, 0.1) is 9.75 Å². The molecule has 0 saturated carbocycles. The zero-order valence-electron chi connectivity index (χ0n) is 21.6. The van der Waals surface area contributed by atoms with Crippen LogP contribution in [0.1, 0.15) is 90.6 Å². The maximum Gasteiger partial charge on any atom is 0.0785 e. The van der Waals surface area contributed by atoms with Gasteiger partial charge in [0.1, 0.15) is 0 Å². The molecule has 3 heterocycles. The molecule has 186 valence electrons. The van der Waals surface area contributed by atoms with Crippen molar-refractivity contribution in [1.82, 2.24) is 0 Å². The molecule has 0 aliphatic heterocycles. The molecule has 0 N–H and O–H groups in total. The van der Waals surface area contributed by atoms with Crippen molar-refractivity contribution in [1.29, 1.82) is 0 Å². The smallest absolute Gasteiger partial charge is 0.0785 e. The van der Waals surface area contributed by atoms with Gasteiger partial charge in [-0.1, -0.05) is 76.8 Å². The van der Waals surface area contributed by atoms with Gasteiger partial charge in [-0.05, 0) is 78.8 Å². The van der Waals surface area contributed by atoms with E-state index in [-0.39, 0.29) is 0 Å². The highest BCUT2D eigenvalue weighted by atomic mass is 32.1. The Morgan fingerprint density at radius 3 is 1.83 bits per heavy atom. The summed E-state index contributed by atoms with van der Waals surface area (Å²) in [5, 5.41) is 5.51. The van der Waals surface area contributed by atoms with Crippen LogP contribution in [0.25, 0.3) is 30.9 Å². The molecule has 0 bridgehead atoms. The molecule has 5 aromatic rings. The van der Waals surface area contributed by atoms with Crippen LogP contribution in [0.2, 0.25) is 0 Å². The number of thiophene rings is 3. The van der Waals surface area contributed by atoms with Crippen LogP contribution in [0.3, 0.4) is 0 Å². The van der Waals surface area contributed by atoms with Crippen LogP contribution < -0.4 is 0 Å². The van der Waals surface area contributed by atoms with Crippen molar-refractivity contribution in [2.75, 3.05) is 0 Å². The van der Waals surface area contributed by atoms with E-state index in [0.717, 1.165) is 9.75 Å². The van der Waals surface area contributed by atoms with Crippen LogP contribution in [-0.2, 0) is 6.42 Å². The van der Waals surface area contributed by atoms with Gasteiger partial charge in [-0.15, -0.1) is 34.0 Å². The summed E-state index contributed by atoms with van der Waals surface area (Å²) in [6.45, 7) is 4.43. The lowest BCUT2D eigenvalue weighted by molar-refractivity contribution is 0.557. The summed E-state index contributed by atoms with van der Waals surface area (Å²) in [5.41, 5.74) is 0. The first-order valence-electron chi connectivity index (χ1n) is 13.7. The molecule has 2 aromatic carbocycles. The molecule has 0 saturated heterocycles. The van der Waals surface area contributed by atoms with E-state index in [1.807, 2.05) is 11.3 Å². The van der Waals surface area contributed by atoms with Gasteiger partial charge < -0.3 is 0 Å². The third-order valence-corrected chi connectivity index (χ3v) is 10.2. The Morgan fingerprint density at radius 2 is 1.17 bits per heavy atom. The van der Waals surface area contributed by atoms with E-state index in [9.17, 15) is 0 Å². The number of hydrogen-bond donors (Lipinski definition) is 0. The average molecular weight is 529 g/mol. The lowest BCUT2D eigenvalue weighted by Crippen LogP contribution is -1.84. The molecule has 0 aliphatic carbocycles. The number of hydrogen-bond acceptors (Lipinski definition) is 3. The molecular formula is C33H36S3. The molecule has 0 fully saturated rings. The van der Waals surface area contributed by atoms with E-state index in [0.29, 0.717) is 0 Å². The number of aryl methyl sites for hydroxylation is 2. The standard InChI is InChI=1S/C33H36S3/c1-3-4-5-6-7-8-9-10-11-12-13-26-22-30-28-19-21-33-31(29(28)18-20-32(30)35-26)23-27(36-33)17-16-25-15-14-24(2)34-25/h14-15,18-23H,3-13H2,1-2H3. The maximum atomic E-state index is 3.40. The van der Waals surface area contributed by atoms with Crippen LogP contribution in [0, 0.1) is 18.8 Å².